The zero-order valence-electron chi connectivity index (χ0n) is 12.6. The molecule has 1 aromatic carbocycles. The van der Waals surface area contributed by atoms with E-state index in [1.807, 2.05) is 43.3 Å². The molecule has 0 saturated carbocycles. The van der Waals surface area contributed by atoms with Crippen LogP contribution in [0, 0.1) is 0 Å². The lowest BCUT2D eigenvalue weighted by Crippen LogP contribution is -2.70. The van der Waals surface area contributed by atoms with Gasteiger partial charge in [-0.2, -0.15) is 0 Å². The van der Waals surface area contributed by atoms with Gasteiger partial charge in [-0.25, -0.2) is 4.79 Å². The molecule has 6 heteroatoms. The number of likely N-dealkylation sites (N-methyl/N-ethyl adjacent to an activating group) is 1. The molecular weight excluding hydrogens is 268 g/mol. The summed E-state index contributed by atoms with van der Waals surface area (Å²) in [6.07, 6.45) is 0. The number of carbonyl (C=O) groups is 2. The summed E-state index contributed by atoms with van der Waals surface area (Å²) in [4.78, 5) is 29.6. The number of anilines is 1. The number of carbonyl (C=O) groups excluding carboxylic acids is 2. The number of urea groups is 1. The van der Waals surface area contributed by atoms with Crippen molar-refractivity contribution in [3.8, 4) is 0 Å². The first kappa shape index (κ1) is 13.7. The van der Waals surface area contributed by atoms with Crippen LogP contribution in [0.2, 0.25) is 0 Å². The maximum atomic E-state index is 12.5. The van der Waals surface area contributed by atoms with Crippen LogP contribution < -0.4 is 10.2 Å². The third-order valence-corrected chi connectivity index (χ3v) is 4.45. The zero-order valence-corrected chi connectivity index (χ0v) is 12.6. The Kier molecular flexibility index (Phi) is 3.04. The van der Waals surface area contributed by atoms with Gasteiger partial charge in [-0.05, 0) is 18.2 Å². The normalized spacial score (nSPS) is 19.5. The lowest BCUT2D eigenvalue weighted by atomic mass is 9.89. The van der Waals surface area contributed by atoms with Gasteiger partial charge in [0, 0.05) is 52.0 Å². The molecule has 6 nitrogen and oxygen atoms in total. The fourth-order valence-corrected chi connectivity index (χ4v) is 2.92. The summed E-state index contributed by atoms with van der Waals surface area (Å²) in [6, 6.07) is 7.54. The average Bonchev–Trinajstić information content (AvgIpc) is 2.73. The van der Waals surface area contributed by atoms with Crippen molar-refractivity contribution in [1.29, 1.82) is 0 Å². The van der Waals surface area contributed by atoms with Crippen molar-refractivity contribution in [3.63, 3.8) is 0 Å². The first-order valence-corrected chi connectivity index (χ1v) is 7.01. The summed E-state index contributed by atoms with van der Waals surface area (Å²) in [5, 5.41) is 2.83. The summed E-state index contributed by atoms with van der Waals surface area (Å²) >= 11 is 0. The van der Waals surface area contributed by atoms with Crippen LogP contribution in [0.15, 0.2) is 24.3 Å². The maximum Gasteiger partial charge on any atom is 0.317 e. The largest absolute Gasteiger partial charge is 0.378 e. The summed E-state index contributed by atoms with van der Waals surface area (Å²) in [6.45, 7) is 1.80. The van der Waals surface area contributed by atoms with Gasteiger partial charge in [-0.3, -0.25) is 4.79 Å². The number of nitrogens with one attached hydrogen (secondary N) is 1. The topological polar surface area (TPSA) is 55.9 Å². The van der Waals surface area contributed by atoms with Gasteiger partial charge in [0.15, 0.2) is 0 Å². The van der Waals surface area contributed by atoms with Crippen LogP contribution in [0.3, 0.4) is 0 Å². The number of benzene rings is 1. The Morgan fingerprint density at radius 3 is 2.62 bits per heavy atom. The number of amides is 3. The van der Waals surface area contributed by atoms with Crippen molar-refractivity contribution in [2.75, 3.05) is 45.7 Å². The van der Waals surface area contributed by atoms with Gasteiger partial charge in [-0.15, -0.1) is 0 Å². The van der Waals surface area contributed by atoms with Crippen LogP contribution in [0.5, 0.6) is 0 Å². The van der Waals surface area contributed by atoms with Crippen LogP contribution in [0.4, 0.5) is 10.5 Å². The second-order valence-electron chi connectivity index (χ2n) is 6.05. The number of hydrogen-bond donors (Lipinski definition) is 1. The summed E-state index contributed by atoms with van der Waals surface area (Å²) in [5.41, 5.74) is 1.48. The minimum Gasteiger partial charge on any atom is -0.378 e. The van der Waals surface area contributed by atoms with Crippen molar-refractivity contribution in [2.45, 2.75) is 5.54 Å². The standard InChI is InChI=1S/C15H20N4O2/c1-17(2)12-6-4-5-11(7-12)13(20)19-9-15(10-19)8-16-14(21)18(15)3/h4-7H,8-10H2,1-3H3,(H,16,21). The molecular formula is C15H20N4O2. The molecule has 2 heterocycles. The van der Waals surface area contributed by atoms with Gasteiger partial charge in [0.2, 0.25) is 0 Å². The van der Waals surface area contributed by atoms with Gasteiger partial charge in [0.05, 0.1) is 5.54 Å². The molecule has 0 aromatic heterocycles. The highest BCUT2D eigenvalue weighted by atomic mass is 16.2. The first-order chi connectivity index (χ1) is 9.93. The molecule has 1 aromatic rings. The Bertz CT molecular complexity index is 593. The van der Waals surface area contributed by atoms with E-state index in [2.05, 4.69) is 5.32 Å². The average molecular weight is 288 g/mol. The molecule has 2 saturated heterocycles. The predicted molar refractivity (Wildman–Crippen MR) is 80.6 cm³/mol. The number of likely N-dealkylation sites (tertiary alicyclic amines) is 1. The lowest BCUT2D eigenvalue weighted by molar-refractivity contribution is 0.00777. The Balaban J connectivity index is 1.71. The molecule has 3 rings (SSSR count). The zero-order chi connectivity index (χ0) is 15.2. The highest BCUT2D eigenvalue weighted by molar-refractivity contribution is 5.96. The van der Waals surface area contributed by atoms with Gasteiger partial charge in [-0.1, -0.05) is 6.07 Å². The minimum atomic E-state index is -0.216. The first-order valence-electron chi connectivity index (χ1n) is 7.01. The SMILES string of the molecule is CN(C)c1cccc(C(=O)N2CC3(CNC(=O)N3C)C2)c1. The van der Waals surface area contributed by atoms with Crippen molar-refractivity contribution in [2.24, 2.45) is 0 Å². The van der Waals surface area contributed by atoms with E-state index in [1.165, 1.54) is 0 Å². The molecule has 0 atom stereocenters. The Morgan fingerprint density at radius 1 is 1.33 bits per heavy atom. The fourth-order valence-electron chi connectivity index (χ4n) is 2.92. The molecule has 0 aliphatic carbocycles. The van der Waals surface area contributed by atoms with Crippen molar-refractivity contribution in [3.05, 3.63) is 29.8 Å². The molecule has 0 radical (unpaired) electrons. The molecule has 1 N–H and O–H groups in total. The van der Waals surface area contributed by atoms with E-state index in [4.69, 9.17) is 0 Å². The molecule has 21 heavy (non-hydrogen) atoms. The van der Waals surface area contributed by atoms with E-state index in [1.54, 1.807) is 16.8 Å². The molecule has 2 aliphatic rings. The fraction of sp³-hybridized carbons (Fsp3) is 0.467. The monoisotopic (exact) mass is 288 g/mol. The second kappa shape index (κ2) is 4.65. The van der Waals surface area contributed by atoms with Crippen molar-refractivity contribution >= 4 is 17.6 Å². The Morgan fingerprint density at radius 2 is 2.05 bits per heavy atom. The van der Waals surface area contributed by atoms with E-state index in [0.29, 0.717) is 25.2 Å². The molecule has 112 valence electrons. The third kappa shape index (κ3) is 2.11. The number of rotatable bonds is 2. The van der Waals surface area contributed by atoms with Crippen LogP contribution in [-0.4, -0.2) is 68.1 Å². The summed E-state index contributed by atoms with van der Waals surface area (Å²) in [5.74, 6) is 0.0251. The van der Waals surface area contributed by atoms with Crippen LogP contribution in [0.1, 0.15) is 10.4 Å². The van der Waals surface area contributed by atoms with E-state index >= 15 is 0 Å². The summed E-state index contributed by atoms with van der Waals surface area (Å²) < 4.78 is 0. The molecule has 2 fully saturated rings. The highest BCUT2D eigenvalue weighted by Crippen LogP contribution is 2.31. The molecule has 2 aliphatic heterocycles. The molecule has 0 unspecified atom stereocenters. The predicted octanol–water partition coefficient (Wildman–Crippen LogP) is 0.602. The van der Waals surface area contributed by atoms with E-state index < -0.39 is 0 Å². The van der Waals surface area contributed by atoms with Gasteiger partial charge in [0.25, 0.3) is 5.91 Å². The smallest absolute Gasteiger partial charge is 0.317 e. The van der Waals surface area contributed by atoms with Crippen LogP contribution in [-0.2, 0) is 0 Å². The summed E-state index contributed by atoms with van der Waals surface area (Å²) in [7, 11) is 5.69. The quantitative estimate of drug-likeness (QED) is 0.867. The highest BCUT2D eigenvalue weighted by Gasteiger charge is 2.53. The minimum absolute atomic E-state index is 0.0251. The van der Waals surface area contributed by atoms with Gasteiger partial charge >= 0.3 is 6.03 Å². The number of nitrogens with zero attached hydrogens (tertiary/aromatic N) is 3. The lowest BCUT2D eigenvalue weighted by Gasteiger charge is -2.50. The van der Waals surface area contributed by atoms with Crippen LogP contribution in [0.25, 0.3) is 0 Å². The second-order valence-corrected chi connectivity index (χ2v) is 6.05. The van der Waals surface area contributed by atoms with E-state index in [0.717, 1.165) is 5.69 Å². The molecule has 3 amide bonds. The van der Waals surface area contributed by atoms with Gasteiger partial charge in [0.1, 0.15) is 0 Å². The third-order valence-electron chi connectivity index (χ3n) is 4.45. The maximum absolute atomic E-state index is 12.5. The van der Waals surface area contributed by atoms with E-state index in [9.17, 15) is 9.59 Å². The Labute approximate surface area is 124 Å². The Hall–Kier alpha value is -2.24. The molecule has 0 bridgehead atoms. The van der Waals surface area contributed by atoms with Crippen LogP contribution >= 0.6 is 0 Å². The number of hydrogen-bond acceptors (Lipinski definition) is 3. The van der Waals surface area contributed by atoms with E-state index in [-0.39, 0.29) is 17.5 Å². The molecule has 1 spiro atoms. The van der Waals surface area contributed by atoms with Crippen molar-refractivity contribution < 1.29 is 9.59 Å². The van der Waals surface area contributed by atoms with Crippen molar-refractivity contribution in [1.82, 2.24) is 15.1 Å². The van der Waals surface area contributed by atoms with Gasteiger partial charge < -0.3 is 20.0 Å².